The van der Waals surface area contributed by atoms with Gasteiger partial charge < -0.3 is 14.5 Å². The van der Waals surface area contributed by atoms with E-state index in [2.05, 4.69) is 4.98 Å². The van der Waals surface area contributed by atoms with Gasteiger partial charge in [0.25, 0.3) is 0 Å². The summed E-state index contributed by atoms with van der Waals surface area (Å²) in [7, 11) is 0. The van der Waals surface area contributed by atoms with Crippen molar-refractivity contribution in [2.24, 2.45) is 0 Å². The Hall–Kier alpha value is -2.50. The maximum absolute atomic E-state index is 12.6. The highest BCUT2D eigenvalue weighted by Gasteiger charge is 2.18. The smallest absolute Gasteiger partial charge is 0.343 e. The van der Waals surface area contributed by atoms with Crippen molar-refractivity contribution in [2.75, 3.05) is 6.61 Å². The van der Waals surface area contributed by atoms with Crippen LogP contribution in [0.2, 0.25) is 10.0 Å². The molecule has 1 heterocycles. The van der Waals surface area contributed by atoms with Gasteiger partial charge in [0.2, 0.25) is 5.43 Å². The Bertz CT molecular complexity index is 996. The molecule has 25 heavy (non-hydrogen) atoms. The van der Waals surface area contributed by atoms with E-state index in [1.54, 1.807) is 43.3 Å². The molecule has 0 aliphatic rings. The van der Waals surface area contributed by atoms with Gasteiger partial charge in [0.1, 0.15) is 11.3 Å². The molecule has 3 aromatic rings. The fourth-order valence-electron chi connectivity index (χ4n) is 2.34. The first-order valence-corrected chi connectivity index (χ1v) is 8.21. The average molecular weight is 378 g/mol. The van der Waals surface area contributed by atoms with Gasteiger partial charge in [-0.05, 0) is 43.3 Å². The first kappa shape index (κ1) is 17.3. The Labute approximate surface area is 153 Å². The van der Waals surface area contributed by atoms with E-state index in [0.717, 1.165) is 0 Å². The molecule has 0 bridgehead atoms. The zero-order valence-corrected chi connectivity index (χ0v) is 14.6. The number of aromatic amines is 1. The van der Waals surface area contributed by atoms with Crippen LogP contribution in [0.15, 0.2) is 47.4 Å². The lowest BCUT2D eigenvalue weighted by atomic mass is 10.1. The summed E-state index contributed by atoms with van der Waals surface area (Å²) in [5.41, 5.74) is -0.237. The van der Waals surface area contributed by atoms with E-state index in [1.807, 2.05) is 0 Å². The largest absolute Gasteiger partial charge is 0.462 e. The lowest BCUT2D eigenvalue weighted by Crippen LogP contribution is -2.18. The number of ether oxygens (including phenoxy) is 2. The van der Waals surface area contributed by atoms with Crippen molar-refractivity contribution in [1.29, 1.82) is 0 Å². The summed E-state index contributed by atoms with van der Waals surface area (Å²) in [5, 5.41) is 0.963. The number of esters is 1. The van der Waals surface area contributed by atoms with Crippen molar-refractivity contribution in [3.8, 4) is 11.5 Å². The van der Waals surface area contributed by atoms with Crippen molar-refractivity contribution >= 4 is 40.1 Å². The van der Waals surface area contributed by atoms with Gasteiger partial charge in [-0.2, -0.15) is 0 Å². The quantitative estimate of drug-likeness (QED) is 0.662. The third-order valence-electron chi connectivity index (χ3n) is 3.49. The third kappa shape index (κ3) is 3.48. The molecule has 7 heteroatoms. The number of fused-ring (bicyclic) bond motifs is 1. The predicted octanol–water partition coefficient (Wildman–Crippen LogP) is 4.80. The molecule has 0 unspecified atom stereocenters. The minimum atomic E-state index is -0.703. The van der Waals surface area contributed by atoms with Gasteiger partial charge in [-0.25, -0.2) is 4.79 Å². The first-order valence-electron chi connectivity index (χ1n) is 7.45. The van der Waals surface area contributed by atoms with Crippen molar-refractivity contribution < 1.29 is 14.3 Å². The molecule has 0 radical (unpaired) electrons. The number of nitrogens with one attached hydrogen (secondary N) is 1. The maximum Gasteiger partial charge on any atom is 0.343 e. The van der Waals surface area contributed by atoms with Gasteiger partial charge in [0, 0.05) is 11.2 Å². The third-order valence-corrected chi connectivity index (χ3v) is 4.05. The number of carbonyl (C=O) groups is 1. The van der Waals surface area contributed by atoms with Crippen LogP contribution in [0.5, 0.6) is 11.5 Å². The average Bonchev–Trinajstić information content (AvgIpc) is 2.59. The van der Waals surface area contributed by atoms with Gasteiger partial charge in [-0.15, -0.1) is 0 Å². The van der Waals surface area contributed by atoms with Crippen LogP contribution in [0.25, 0.3) is 10.9 Å². The van der Waals surface area contributed by atoms with Gasteiger partial charge in [-0.1, -0.05) is 23.2 Å². The number of hydrogen-bond acceptors (Lipinski definition) is 4. The van der Waals surface area contributed by atoms with E-state index in [0.29, 0.717) is 22.0 Å². The second-order valence-electron chi connectivity index (χ2n) is 5.10. The number of rotatable bonds is 4. The second kappa shape index (κ2) is 7.17. The molecule has 0 aliphatic heterocycles. The van der Waals surface area contributed by atoms with E-state index in [4.69, 9.17) is 32.7 Å². The molecule has 128 valence electrons. The van der Waals surface area contributed by atoms with Crippen LogP contribution in [0.1, 0.15) is 17.3 Å². The van der Waals surface area contributed by atoms with Gasteiger partial charge >= 0.3 is 5.97 Å². The van der Waals surface area contributed by atoms with E-state index < -0.39 is 11.4 Å². The lowest BCUT2D eigenvalue weighted by molar-refractivity contribution is 0.0524. The predicted molar refractivity (Wildman–Crippen MR) is 97.1 cm³/mol. The van der Waals surface area contributed by atoms with Crippen LogP contribution in [0.3, 0.4) is 0 Å². The summed E-state index contributed by atoms with van der Waals surface area (Å²) in [6.45, 7) is 1.84. The Kier molecular flexibility index (Phi) is 4.97. The van der Waals surface area contributed by atoms with Crippen LogP contribution in [0.4, 0.5) is 0 Å². The summed E-state index contributed by atoms with van der Waals surface area (Å²) in [5.74, 6) is 0.239. The highest BCUT2D eigenvalue weighted by Crippen LogP contribution is 2.32. The number of pyridine rings is 1. The van der Waals surface area contributed by atoms with Crippen molar-refractivity contribution in [3.05, 3.63) is 68.4 Å². The minimum absolute atomic E-state index is 0.111. The zero-order valence-electron chi connectivity index (χ0n) is 13.1. The van der Waals surface area contributed by atoms with Crippen LogP contribution < -0.4 is 10.2 Å². The molecule has 1 aromatic heterocycles. The van der Waals surface area contributed by atoms with Crippen molar-refractivity contribution in [3.63, 3.8) is 0 Å². The van der Waals surface area contributed by atoms with E-state index in [9.17, 15) is 9.59 Å². The summed E-state index contributed by atoms with van der Waals surface area (Å²) in [6, 6.07) is 9.97. The molecule has 0 aliphatic carbocycles. The summed E-state index contributed by atoms with van der Waals surface area (Å²) < 4.78 is 10.7. The number of H-pyrrole nitrogens is 1. The number of halogens is 2. The van der Waals surface area contributed by atoms with Gasteiger partial charge in [-0.3, -0.25) is 4.79 Å². The summed E-state index contributed by atoms with van der Waals surface area (Å²) in [4.78, 5) is 27.4. The Morgan fingerprint density at radius 2 is 1.84 bits per heavy atom. The van der Waals surface area contributed by atoms with Gasteiger partial charge in [0.15, 0.2) is 5.75 Å². The lowest BCUT2D eigenvalue weighted by Gasteiger charge is -2.11. The molecule has 0 saturated heterocycles. The van der Waals surface area contributed by atoms with Crippen LogP contribution in [0, 0.1) is 0 Å². The van der Waals surface area contributed by atoms with Gasteiger partial charge in [0.05, 0.1) is 22.5 Å². The van der Waals surface area contributed by atoms with Crippen molar-refractivity contribution in [1.82, 2.24) is 4.98 Å². The minimum Gasteiger partial charge on any atom is -0.462 e. The molecule has 0 saturated carbocycles. The normalized spacial score (nSPS) is 10.7. The molecular weight excluding hydrogens is 365 g/mol. The van der Waals surface area contributed by atoms with Crippen LogP contribution in [-0.4, -0.2) is 17.6 Å². The molecule has 2 aromatic carbocycles. The second-order valence-corrected chi connectivity index (χ2v) is 5.95. The molecule has 0 amide bonds. The monoisotopic (exact) mass is 377 g/mol. The number of carbonyl (C=O) groups excluding carboxylic acids is 1. The van der Waals surface area contributed by atoms with Crippen LogP contribution >= 0.6 is 23.2 Å². The first-order chi connectivity index (χ1) is 12.0. The maximum atomic E-state index is 12.6. The topological polar surface area (TPSA) is 68.4 Å². The summed E-state index contributed by atoms with van der Waals surface area (Å²) in [6.07, 6.45) is 1.30. The zero-order chi connectivity index (χ0) is 18.0. The highest BCUT2D eigenvalue weighted by molar-refractivity contribution is 6.35. The molecule has 5 nitrogen and oxygen atoms in total. The Morgan fingerprint density at radius 3 is 2.52 bits per heavy atom. The molecule has 3 rings (SSSR count). The fraction of sp³-hybridized carbons (Fsp3) is 0.111. The van der Waals surface area contributed by atoms with E-state index >= 15 is 0 Å². The SMILES string of the molecule is CCOC(=O)c1c[nH]c2c(Oc3ccc(Cl)cc3)ccc(Cl)c2c1=O. The molecule has 0 spiro atoms. The van der Waals surface area contributed by atoms with Crippen molar-refractivity contribution in [2.45, 2.75) is 6.92 Å². The number of benzene rings is 2. The standard InChI is InChI=1S/C18H13Cl2NO4/c1-2-24-18(23)12-9-21-16-14(8-7-13(20)15(16)17(12)22)25-11-5-3-10(19)4-6-11/h3-9H,2H2,1H3,(H,21,22). The number of hydrogen-bond donors (Lipinski definition) is 1. The van der Waals surface area contributed by atoms with E-state index in [-0.39, 0.29) is 22.6 Å². The highest BCUT2D eigenvalue weighted by atomic mass is 35.5. The molecule has 1 N–H and O–H groups in total. The molecule has 0 fully saturated rings. The Morgan fingerprint density at radius 1 is 1.12 bits per heavy atom. The Balaban J connectivity index is 2.11. The molecule has 0 atom stereocenters. The fourth-order valence-corrected chi connectivity index (χ4v) is 2.71. The van der Waals surface area contributed by atoms with Crippen LogP contribution in [-0.2, 0) is 4.74 Å². The summed E-state index contributed by atoms with van der Waals surface area (Å²) >= 11 is 12.0. The number of aromatic nitrogens is 1. The van der Waals surface area contributed by atoms with E-state index in [1.165, 1.54) is 6.20 Å². The molecular formula is C18H13Cl2NO4.